The Kier molecular flexibility index (Phi) is 2.85. The lowest BCUT2D eigenvalue weighted by atomic mass is 10.2. The van der Waals surface area contributed by atoms with Crippen LogP contribution in [-0.2, 0) is 6.54 Å². The van der Waals surface area contributed by atoms with Gasteiger partial charge in [-0.2, -0.15) is 5.10 Å². The van der Waals surface area contributed by atoms with Crippen molar-refractivity contribution < 1.29 is 4.42 Å². The average Bonchev–Trinajstić information content (AvgIpc) is 2.73. The van der Waals surface area contributed by atoms with Gasteiger partial charge in [0.25, 0.3) is 0 Å². The van der Waals surface area contributed by atoms with Gasteiger partial charge in [-0.05, 0) is 23.8 Å². The van der Waals surface area contributed by atoms with Crippen LogP contribution in [0.25, 0.3) is 11.5 Å². The Balaban J connectivity index is 2.00. The molecule has 2 aliphatic rings. The number of aromatic nitrogens is 3. The first-order valence-corrected chi connectivity index (χ1v) is 6.07. The van der Waals surface area contributed by atoms with Gasteiger partial charge in [0.05, 0.1) is 12.7 Å². The van der Waals surface area contributed by atoms with Crippen LogP contribution in [0.3, 0.4) is 0 Å². The fourth-order valence-corrected chi connectivity index (χ4v) is 2.05. The summed E-state index contributed by atoms with van der Waals surface area (Å²) in [6.07, 6.45) is 3.41. The molecule has 0 N–H and O–H groups in total. The van der Waals surface area contributed by atoms with E-state index in [1.165, 1.54) is 0 Å². The maximum atomic E-state index is 5.75. The highest BCUT2D eigenvalue weighted by molar-refractivity contribution is 7.71. The van der Waals surface area contributed by atoms with E-state index in [2.05, 4.69) is 10.1 Å². The maximum absolute atomic E-state index is 5.75. The van der Waals surface area contributed by atoms with Crippen molar-refractivity contribution in [1.82, 2.24) is 14.8 Å². The Morgan fingerprint density at radius 2 is 2.22 bits per heavy atom. The highest BCUT2D eigenvalue weighted by Gasteiger charge is 2.11. The van der Waals surface area contributed by atoms with Gasteiger partial charge in [-0.15, -0.1) is 0 Å². The summed E-state index contributed by atoms with van der Waals surface area (Å²) < 4.78 is 7.66. The molecule has 18 heavy (non-hydrogen) atoms. The van der Waals surface area contributed by atoms with Crippen LogP contribution in [0.2, 0.25) is 5.15 Å². The van der Waals surface area contributed by atoms with Gasteiger partial charge in [-0.25, -0.2) is 4.98 Å². The molecule has 1 aromatic heterocycles. The molecule has 0 atom stereocenters. The van der Waals surface area contributed by atoms with Gasteiger partial charge in [-0.1, -0.05) is 17.7 Å². The highest BCUT2D eigenvalue weighted by atomic mass is 35.5. The Morgan fingerprint density at radius 1 is 1.33 bits per heavy atom. The van der Waals surface area contributed by atoms with E-state index in [1.807, 2.05) is 10.7 Å². The third kappa shape index (κ3) is 2.14. The standard InChI is InChI=1S/C12H8ClN3OS/c13-11-2-1-8(6-14-11)7-16-9-5-12(18)17-10(9)3-4-15-16/h1-6H,7H2. The molecule has 0 aromatic carbocycles. The number of halogens is 1. The van der Waals surface area contributed by atoms with Crippen molar-refractivity contribution in [2.24, 2.45) is 0 Å². The number of hydrogen-bond acceptors (Lipinski definition) is 4. The SMILES string of the molecule is S=c1cc2n(Cc3ccc(Cl)nc3)nccc-2o1. The molecular weight excluding hydrogens is 270 g/mol. The van der Waals surface area contributed by atoms with Gasteiger partial charge in [0.1, 0.15) is 10.8 Å². The first-order valence-electron chi connectivity index (χ1n) is 5.28. The summed E-state index contributed by atoms with van der Waals surface area (Å²) in [6.45, 7) is 0.593. The minimum atomic E-state index is 0.459. The molecule has 0 unspecified atom stereocenters. The number of pyridine rings is 1. The van der Waals surface area contributed by atoms with E-state index in [1.54, 1.807) is 30.6 Å². The Labute approximate surface area is 113 Å². The molecule has 2 aliphatic heterocycles. The highest BCUT2D eigenvalue weighted by Crippen LogP contribution is 2.23. The summed E-state index contributed by atoms with van der Waals surface area (Å²) in [7, 11) is 0. The molecule has 6 heteroatoms. The molecule has 3 rings (SSSR count). The molecule has 0 aliphatic carbocycles. The molecule has 0 radical (unpaired) electrons. The molecule has 3 heterocycles. The molecule has 0 saturated heterocycles. The van der Waals surface area contributed by atoms with Gasteiger partial charge in [-0.3, -0.25) is 4.68 Å². The van der Waals surface area contributed by atoms with Crippen LogP contribution in [0.15, 0.2) is 41.1 Å². The van der Waals surface area contributed by atoms with Crippen LogP contribution < -0.4 is 0 Å². The van der Waals surface area contributed by atoms with E-state index in [9.17, 15) is 0 Å². The van der Waals surface area contributed by atoms with Crippen LogP contribution in [-0.4, -0.2) is 14.8 Å². The van der Waals surface area contributed by atoms with Crippen LogP contribution in [0.1, 0.15) is 5.56 Å². The van der Waals surface area contributed by atoms with Gasteiger partial charge in [0, 0.05) is 18.3 Å². The third-order valence-electron chi connectivity index (χ3n) is 2.55. The molecule has 0 bridgehead atoms. The molecule has 1 aromatic rings. The molecule has 0 fully saturated rings. The van der Waals surface area contributed by atoms with Crippen molar-refractivity contribution in [3.05, 3.63) is 52.1 Å². The average molecular weight is 278 g/mol. The van der Waals surface area contributed by atoms with Crippen molar-refractivity contribution in [1.29, 1.82) is 0 Å². The number of hydrogen-bond donors (Lipinski definition) is 0. The Bertz CT molecular complexity index is 704. The molecular formula is C12H8ClN3OS. The second-order valence-corrected chi connectivity index (χ2v) is 4.58. The third-order valence-corrected chi connectivity index (χ3v) is 2.97. The summed E-state index contributed by atoms with van der Waals surface area (Å²) in [6, 6.07) is 7.26. The topological polar surface area (TPSA) is 43.9 Å². The number of nitrogens with zero attached hydrogens (tertiary/aromatic N) is 3. The lowest BCUT2D eigenvalue weighted by molar-refractivity contribution is 0.555. The van der Waals surface area contributed by atoms with E-state index < -0.39 is 0 Å². The molecule has 90 valence electrons. The number of furan rings is 1. The molecule has 0 spiro atoms. The van der Waals surface area contributed by atoms with Crippen molar-refractivity contribution in [3.63, 3.8) is 0 Å². The lowest BCUT2D eigenvalue weighted by Crippen LogP contribution is -2.07. The summed E-state index contributed by atoms with van der Waals surface area (Å²) in [5.74, 6) is 0.733. The normalized spacial score (nSPS) is 10.9. The molecule has 4 nitrogen and oxygen atoms in total. The zero-order valence-corrected chi connectivity index (χ0v) is 10.8. The van der Waals surface area contributed by atoms with Gasteiger partial charge >= 0.3 is 0 Å². The van der Waals surface area contributed by atoms with Crippen molar-refractivity contribution in [2.45, 2.75) is 6.54 Å². The van der Waals surface area contributed by atoms with Gasteiger partial charge in [0.2, 0.25) is 0 Å². The lowest BCUT2D eigenvalue weighted by Gasteiger charge is -2.09. The second kappa shape index (κ2) is 4.51. The van der Waals surface area contributed by atoms with Gasteiger partial charge < -0.3 is 4.42 Å². The largest absolute Gasteiger partial charge is 0.443 e. The van der Waals surface area contributed by atoms with E-state index in [0.29, 0.717) is 16.4 Å². The Morgan fingerprint density at radius 3 is 3.00 bits per heavy atom. The van der Waals surface area contributed by atoms with E-state index in [-0.39, 0.29) is 0 Å². The van der Waals surface area contributed by atoms with E-state index in [0.717, 1.165) is 17.0 Å². The first-order chi connectivity index (χ1) is 8.72. The fraction of sp³-hybridized carbons (Fsp3) is 0.0833. The quantitative estimate of drug-likeness (QED) is 0.532. The van der Waals surface area contributed by atoms with Crippen LogP contribution in [0.5, 0.6) is 0 Å². The minimum absolute atomic E-state index is 0.459. The van der Waals surface area contributed by atoms with Crippen molar-refractivity contribution >= 4 is 23.8 Å². The maximum Gasteiger partial charge on any atom is 0.193 e. The summed E-state index contributed by atoms with van der Waals surface area (Å²) >= 11 is 10.8. The smallest absolute Gasteiger partial charge is 0.193 e. The predicted octanol–water partition coefficient (Wildman–Crippen LogP) is 3.41. The van der Waals surface area contributed by atoms with Crippen molar-refractivity contribution in [2.75, 3.05) is 0 Å². The zero-order chi connectivity index (χ0) is 12.5. The molecule has 0 saturated carbocycles. The molecule has 0 amide bonds. The summed E-state index contributed by atoms with van der Waals surface area (Å²) in [5.41, 5.74) is 1.88. The summed E-state index contributed by atoms with van der Waals surface area (Å²) in [4.78, 5) is 4.04. The number of fused-ring (bicyclic) bond motifs is 1. The fourth-order valence-electron chi connectivity index (χ4n) is 1.74. The van der Waals surface area contributed by atoms with Gasteiger partial charge in [0.15, 0.2) is 10.5 Å². The van der Waals surface area contributed by atoms with E-state index in [4.69, 9.17) is 28.2 Å². The second-order valence-electron chi connectivity index (χ2n) is 3.79. The zero-order valence-electron chi connectivity index (χ0n) is 9.21. The summed E-state index contributed by atoms with van der Waals surface area (Å²) in [5, 5.41) is 4.77. The number of rotatable bonds is 2. The van der Waals surface area contributed by atoms with Crippen molar-refractivity contribution in [3.8, 4) is 11.5 Å². The van der Waals surface area contributed by atoms with Crippen LogP contribution in [0.4, 0.5) is 0 Å². The van der Waals surface area contributed by atoms with E-state index >= 15 is 0 Å². The Hall–Kier alpha value is -1.72. The van der Waals surface area contributed by atoms with Crippen LogP contribution >= 0.6 is 23.8 Å². The predicted molar refractivity (Wildman–Crippen MR) is 70.3 cm³/mol. The monoisotopic (exact) mass is 277 g/mol. The first kappa shape index (κ1) is 11.4. The minimum Gasteiger partial charge on any atom is -0.443 e. The van der Waals surface area contributed by atoms with Crippen LogP contribution in [0, 0.1) is 4.71 Å².